The second-order valence-corrected chi connectivity index (χ2v) is 4.66. The first kappa shape index (κ1) is 11.9. The summed E-state index contributed by atoms with van der Waals surface area (Å²) in [6.45, 7) is 1.86. The lowest BCUT2D eigenvalue weighted by atomic mass is 10.0. The van der Waals surface area contributed by atoms with Crippen molar-refractivity contribution >= 4 is 21.9 Å². The van der Waals surface area contributed by atoms with Crippen LogP contribution in [0.25, 0.3) is 11.1 Å². The highest BCUT2D eigenvalue weighted by molar-refractivity contribution is 9.10. The van der Waals surface area contributed by atoms with Gasteiger partial charge in [0.15, 0.2) is 5.69 Å². The number of carbonyl (C=O) groups is 1. The molecule has 0 unspecified atom stereocenters. The zero-order valence-electron chi connectivity index (χ0n) is 9.44. The molecule has 1 aromatic heterocycles. The van der Waals surface area contributed by atoms with Gasteiger partial charge in [0.05, 0.1) is 0 Å². The van der Waals surface area contributed by atoms with Crippen molar-refractivity contribution in [3.05, 3.63) is 40.1 Å². The average Bonchev–Trinajstić information content (AvgIpc) is 2.57. The number of rotatable bonds is 2. The van der Waals surface area contributed by atoms with E-state index in [0.29, 0.717) is 5.56 Å². The number of aromatic carboxylic acids is 1. The Labute approximate surface area is 107 Å². The number of nitrogens with zero attached hydrogens (tertiary/aromatic N) is 2. The van der Waals surface area contributed by atoms with E-state index in [-0.39, 0.29) is 5.69 Å². The fourth-order valence-electron chi connectivity index (χ4n) is 1.72. The quantitative estimate of drug-likeness (QED) is 0.927. The number of aryl methyl sites for hydroxylation is 1. The zero-order chi connectivity index (χ0) is 12.6. The molecule has 4 nitrogen and oxygen atoms in total. The lowest BCUT2D eigenvalue weighted by Gasteiger charge is -2.02. The first-order chi connectivity index (χ1) is 8.00. The van der Waals surface area contributed by atoms with Crippen LogP contribution in [-0.2, 0) is 7.05 Å². The monoisotopic (exact) mass is 294 g/mol. The number of halogens is 1. The van der Waals surface area contributed by atoms with Crippen molar-refractivity contribution in [2.75, 3.05) is 0 Å². The third-order valence-electron chi connectivity index (χ3n) is 2.67. The summed E-state index contributed by atoms with van der Waals surface area (Å²) in [6.07, 6.45) is 0. The fraction of sp³-hybridized carbons (Fsp3) is 0.167. The lowest BCUT2D eigenvalue weighted by Crippen LogP contribution is -2.00. The lowest BCUT2D eigenvalue weighted by molar-refractivity contribution is 0.0690. The van der Waals surface area contributed by atoms with Crippen molar-refractivity contribution < 1.29 is 9.90 Å². The molecule has 2 rings (SSSR count). The minimum absolute atomic E-state index is 0.0901. The molecule has 1 heterocycles. The summed E-state index contributed by atoms with van der Waals surface area (Å²) in [5.74, 6) is -1.01. The van der Waals surface area contributed by atoms with Crippen molar-refractivity contribution in [1.82, 2.24) is 9.78 Å². The summed E-state index contributed by atoms with van der Waals surface area (Å²) in [5.41, 5.74) is 2.46. The maximum absolute atomic E-state index is 11.1. The Morgan fingerprint density at radius 2 is 1.94 bits per heavy atom. The van der Waals surface area contributed by atoms with Crippen LogP contribution < -0.4 is 0 Å². The van der Waals surface area contributed by atoms with E-state index in [2.05, 4.69) is 21.0 Å². The van der Waals surface area contributed by atoms with Crippen LogP contribution >= 0.6 is 15.9 Å². The largest absolute Gasteiger partial charge is 0.476 e. The molecule has 0 aliphatic rings. The Kier molecular flexibility index (Phi) is 3.02. The van der Waals surface area contributed by atoms with Crippen molar-refractivity contribution in [2.45, 2.75) is 6.92 Å². The molecule has 2 aromatic rings. The molecule has 0 aliphatic heterocycles. The predicted octanol–water partition coefficient (Wildman–Crippen LogP) is 2.86. The topological polar surface area (TPSA) is 55.1 Å². The number of benzene rings is 1. The smallest absolute Gasteiger partial charge is 0.357 e. The van der Waals surface area contributed by atoms with E-state index in [1.54, 1.807) is 11.7 Å². The molecule has 0 amide bonds. The first-order valence-corrected chi connectivity index (χ1v) is 5.83. The van der Waals surface area contributed by atoms with E-state index in [1.165, 1.54) is 0 Å². The summed E-state index contributed by atoms with van der Waals surface area (Å²) in [7, 11) is 1.74. The second-order valence-electron chi connectivity index (χ2n) is 3.74. The standard InChI is InChI=1S/C12H11BrN2O2/c1-7-10(8-3-5-9(13)6-4-8)11(12(16)17)14-15(7)2/h3-6H,1-2H3,(H,16,17). The van der Waals surface area contributed by atoms with Gasteiger partial charge in [0.1, 0.15) is 0 Å². The Hall–Kier alpha value is -1.62. The van der Waals surface area contributed by atoms with Crippen LogP contribution in [0, 0.1) is 6.92 Å². The maximum atomic E-state index is 11.1. The van der Waals surface area contributed by atoms with Crippen LogP contribution in [0.1, 0.15) is 16.2 Å². The molecule has 88 valence electrons. The van der Waals surface area contributed by atoms with Gasteiger partial charge in [-0.15, -0.1) is 0 Å². The SMILES string of the molecule is Cc1c(-c2ccc(Br)cc2)c(C(=O)O)nn1C. The van der Waals surface area contributed by atoms with E-state index in [0.717, 1.165) is 15.7 Å². The summed E-state index contributed by atoms with van der Waals surface area (Å²) in [6, 6.07) is 7.52. The second kappa shape index (κ2) is 4.33. The van der Waals surface area contributed by atoms with Gasteiger partial charge >= 0.3 is 5.97 Å². The molecule has 1 aromatic carbocycles. The number of aromatic nitrogens is 2. The molecule has 0 saturated heterocycles. The van der Waals surface area contributed by atoms with E-state index >= 15 is 0 Å². The Morgan fingerprint density at radius 3 is 2.47 bits per heavy atom. The summed E-state index contributed by atoms with van der Waals surface area (Å²) >= 11 is 3.35. The predicted molar refractivity (Wildman–Crippen MR) is 68.0 cm³/mol. The molecule has 1 N–H and O–H groups in total. The molecule has 5 heteroatoms. The van der Waals surface area contributed by atoms with Gasteiger partial charge in [-0.3, -0.25) is 4.68 Å². The molecular formula is C12H11BrN2O2. The average molecular weight is 295 g/mol. The minimum atomic E-state index is -1.01. The van der Waals surface area contributed by atoms with E-state index in [1.807, 2.05) is 31.2 Å². The molecule has 0 bridgehead atoms. The Balaban J connectivity index is 2.65. The van der Waals surface area contributed by atoms with Crippen molar-refractivity contribution in [3.8, 4) is 11.1 Å². The number of carboxylic acid groups (broad SMARTS) is 1. The van der Waals surface area contributed by atoms with Gasteiger partial charge in [0.2, 0.25) is 0 Å². The number of hydrogen-bond donors (Lipinski definition) is 1. The highest BCUT2D eigenvalue weighted by Crippen LogP contribution is 2.28. The van der Waals surface area contributed by atoms with Crippen LogP contribution in [0.2, 0.25) is 0 Å². The summed E-state index contributed by atoms with van der Waals surface area (Å²) < 4.78 is 2.54. The molecular weight excluding hydrogens is 284 g/mol. The van der Waals surface area contributed by atoms with Crippen LogP contribution in [0.3, 0.4) is 0 Å². The van der Waals surface area contributed by atoms with Gasteiger partial charge in [-0.2, -0.15) is 5.10 Å². The third-order valence-corrected chi connectivity index (χ3v) is 3.20. The van der Waals surface area contributed by atoms with E-state index in [4.69, 9.17) is 5.11 Å². The number of hydrogen-bond acceptors (Lipinski definition) is 2. The highest BCUT2D eigenvalue weighted by Gasteiger charge is 2.19. The van der Waals surface area contributed by atoms with Crippen molar-refractivity contribution in [2.24, 2.45) is 7.05 Å². The Bertz CT molecular complexity index is 573. The molecule has 0 saturated carbocycles. The Morgan fingerprint density at radius 1 is 1.35 bits per heavy atom. The summed E-state index contributed by atoms with van der Waals surface area (Å²) in [4.78, 5) is 11.1. The maximum Gasteiger partial charge on any atom is 0.357 e. The van der Waals surface area contributed by atoms with Crippen LogP contribution in [0.5, 0.6) is 0 Å². The van der Waals surface area contributed by atoms with Crippen molar-refractivity contribution in [3.63, 3.8) is 0 Å². The first-order valence-electron chi connectivity index (χ1n) is 5.03. The van der Waals surface area contributed by atoms with Crippen molar-refractivity contribution in [1.29, 1.82) is 0 Å². The van der Waals surface area contributed by atoms with Crippen LogP contribution in [0.15, 0.2) is 28.7 Å². The van der Waals surface area contributed by atoms with Gasteiger partial charge in [0.25, 0.3) is 0 Å². The van der Waals surface area contributed by atoms with Gasteiger partial charge in [-0.25, -0.2) is 4.79 Å². The molecule has 0 atom stereocenters. The van der Waals surface area contributed by atoms with Gasteiger partial charge in [-0.1, -0.05) is 28.1 Å². The number of carboxylic acids is 1. The van der Waals surface area contributed by atoms with Gasteiger partial charge < -0.3 is 5.11 Å². The van der Waals surface area contributed by atoms with E-state index < -0.39 is 5.97 Å². The van der Waals surface area contributed by atoms with Gasteiger partial charge in [0, 0.05) is 22.8 Å². The fourth-order valence-corrected chi connectivity index (χ4v) is 1.98. The molecule has 0 aliphatic carbocycles. The van der Waals surface area contributed by atoms with E-state index in [9.17, 15) is 4.79 Å². The minimum Gasteiger partial charge on any atom is -0.476 e. The normalized spacial score (nSPS) is 10.5. The van der Waals surface area contributed by atoms with Crippen LogP contribution in [-0.4, -0.2) is 20.9 Å². The molecule has 0 spiro atoms. The van der Waals surface area contributed by atoms with Crippen LogP contribution in [0.4, 0.5) is 0 Å². The highest BCUT2D eigenvalue weighted by atomic mass is 79.9. The molecule has 0 radical (unpaired) electrons. The summed E-state index contributed by atoms with van der Waals surface area (Å²) in [5, 5.41) is 13.1. The zero-order valence-corrected chi connectivity index (χ0v) is 11.0. The third kappa shape index (κ3) is 2.10. The van der Waals surface area contributed by atoms with Gasteiger partial charge in [-0.05, 0) is 24.6 Å². The molecule has 17 heavy (non-hydrogen) atoms. The molecule has 0 fully saturated rings.